The Morgan fingerprint density at radius 2 is 1.70 bits per heavy atom. The predicted molar refractivity (Wildman–Crippen MR) is 86.7 cm³/mol. The molecule has 0 atom stereocenters. The van der Waals surface area contributed by atoms with Crippen LogP contribution in [0, 0.1) is 0 Å². The minimum absolute atomic E-state index is 0. The molecule has 0 amide bonds. The standard InChI is InChI=1S/C14H16O3S.2Na.2H/c1-2-3-6-12-10-9-11-7-4-5-8-13(11)14(12)18(15,16)17;;;;/h4-5,7-10H,2-3,6H2,1H3,(H,15,16,17);;;;. The Labute approximate surface area is 164 Å². The van der Waals surface area contributed by atoms with Crippen LogP contribution in [0.25, 0.3) is 10.8 Å². The molecule has 0 aliphatic rings. The number of unbranched alkanes of at least 4 members (excludes halogenated alkanes) is 1. The van der Waals surface area contributed by atoms with E-state index < -0.39 is 10.1 Å². The second-order valence-corrected chi connectivity index (χ2v) is 5.71. The van der Waals surface area contributed by atoms with E-state index in [1.807, 2.05) is 25.1 Å². The van der Waals surface area contributed by atoms with Gasteiger partial charge in [0.2, 0.25) is 0 Å². The molecule has 0 aromatic heterocycles. The van der Waals surface area contributed by atoms with Gasteiger partial charge < -0.3 is 0 Å². The Hall–Kier alpha value is 0.610. The van der Waals surface area contributed by atoms with Crippen molar-refractivity contribution in [2.24, 2.45) is 0 Å². The van der Waals surface area contributed by atoms with Crippen molar-refractivity contribution in [3.8, 4) is 0 Å². The van der Waals surface area contributed by atoms with Crippen LogP contribution in [0.3, 0.4) is 0 Å². The molecule has 0 aliphatic carbocycles. The molecule has 2 aromatic carbocycles. The summed E-state index contributed by atoms with van der Waals surface area (Å²) >= 11 is 0. The van der Waals surface area contributed by atoms with Gasteiger partial charge >= 0.3 is 59.1 Å². The summed E-state index contributed by atoms with van der Waals surface area (Å²) in [6, 6.07) is 10.9. The van der Waals surface area contributed by atoms with Crippen LogP contribution in [-0.4, -0.2) is 72.1 Å². The Morgan fingerprint density at radius 1 is 1.05 bits per heavy atom. The molecule has 0 unspecified atom stereocenters. The van der Waals surface area contributed by atoms with E-state index in [0.29, 0.717) is 17.4 Å². The number of hydrogen-bond acceptors (Lipinski definition) is 2. The van der Waals surface area contributed by atoms with E-state index in [0.717, 1.165) is 18.2 Å². The molecular weight excluding hydrogens is 294 g/mol. The van der Waals surface area contributed by atoms with Crippen LogP contribution in [-0.2, 0) is 16.5 Å². The van der Waals surface area contributed by atoms with E-state index in [4.69, 9.17) is 0 Å². The van der Waals surface area contributed by atoms with Crippen molar-refractivity contribution >= 4 is 80.0 Å². The third-order valence-electron chi connectivity index (χ3n) is 3.02. The van der Waals surface area contributed by atoms with E-state index in [-0.39, 0.29) is 64.0 Å². The summed E-state index contributed by atoms with van der Waals surface area (Å²) < 4.78 is 32.6. The number of hydrogen-bond donors (Lipinski definition) is 1. The maximum absolute atomic E-state index is 11.6. The van der Waals surface area contributed by atoms with Gasteiger partial charge in [-0.25, -0.2) is 0 Å². The normalized spacial score (nSPS) is 10.7. The first-order valence-corrected chi connectivity index (χ1v) is 7.46. The van der Waals surface area contributed by atoms with Gasteiger partial charge in [0.25, 0.3) is 10.1 Å². The third kappa shape index (κ3) is 4.82. The molecule has 100 valence electrons. The maximum atomic E-state index is 11.6. The van der Waals surface area contributed by atoms with Crippen molar-refractivity contribution in [3.05, 3.63) is 42.0 Å². The Bertz CT molecular complexity index is 669. The van der Waals surface area contributed by atoms with Crippen molar-refractivity contribution in [1.29, 1.82) is 0 Å². The van der Waals surface area contributed by atoms with Crippen LogP contribution in [0.15, 0.2) is 41.3 Å². The predicted octanol–water partition coefficient (Wildman–Crippen LogP) is 2.13. The van der Waals surface area contributed by atoms with Crippen LogP contribution < -0.4 is 0 Å². The van der Waals surface area contributed by atoms with Gasteiger partial charge in [-0.3, -0.25) is 4.55 Å². The first kappa shape index (κ1) is 20.6. The van der Waals surface area contributed by atoms with Crippen molar-refractivity contribution in [3.63, 3.8) is 0 Å². The first-order valence-electron chi connectivity index (χ1n) is 6.02. The topological polar surface area (TPSA) is 54.4 Å². The van der Waals surface area contributed by atoms with Crippen molar-refractivity contribution in [2.45, 2.75) is 31.1 Å². The molecule has 0 bridgehead atoms. The second kappa shape index (κ2) is 8.91. The molecule has 20 heavy (non-hydrogen) atoms. The number of fused-ring (bicyclic) bond motifs is 1. The van der Waals surface area contributed by atoms with Gasteiger partial charge in [-0.05, 0) is 23.8 Å². The van der Waals surface area contributed by atoms with E-state index in [2.05, 4.69) is 0 Å². The van der Waals surface area contributed by atoms with Gasteiger partial charge in [0.1, 0.15) is 4.90 Å². The molecule has 0 fully saturated rings. The third-order valence-corrected chi connectivity index (χ3v) is 4.02. The van der Waals surface area contributed by atoms with Crippen molar-refractivity contribution in [1.82, 2.24) is 0 Å². The average molecular weight is 312 g/mol. The van der Waals surface area contributed by atoms with Crippen molar-refractivity contribution in [2.75, 3.05) is 0 Å². The minimum atomic E-state index is -4.19. The zero-order valence-electron chi connectivity index (χ0n) is 10.3. The molecule has 1 N–H and O–H groups in total. The fourth-order valence-electron chi connectivity index (χ4n) is 2.16. The van der Waals surface area contributed by atoms with Gasteiger partial charge in [0.05, 0.1) is 0 Å². The molecular formula is C14H18Na2O3S. The molecule has 0 heterocycles. The molecule has 0 aliphatic heterocycles. The summed E-state index contributed by atoms with van der Waals surface area (Å²) in [6.07, 6.45) is 2.55. The zero-order valence-corrected chi connectivity index (χ0v) is 11.1. The Balaban J connectivity index is 0.00000180. The monoisotopic (exact) mass is 312 g/mol. The molecule has 0 saturated carbocycles. The fraction of sp³-hybridized carbons (Fsp3) is 0.286. The summed E-state index contributed by atoms with van der Waals surface area (Å²) in [7, 11) is -4.19. The van der Waals surface area contributed by atoms with E-state index >= 15 is 0 Å². The molecule has 0 radical (unpaired) electrons. The summed E-state index contributed by atoms with van der Waals surface area (Å²) in [5.74, 6) is 0. The number of aryl methyl sites for hydroxylation is 1. The summed E-state index contributed by atoms with van der Waals surface area (Å²) in [5.41, 5.74) is 0.693. The van der Waals surface area contributed by atoms with Crippen LogP contribution in [0.5, 0.6) is 0 Å². The molecule has 2 rings (SSSR count). The quantitative estimate of drug-likeness (QED) is 0.695. The Morgan fingerprint density at radius 3 is 2.30 bits per heavy atom. The van der Waals surface area contributed by atoms with Crippen LogP contribution in [0.1, 0.15) is 25.3 Å². The van der Waals surface area contributed by atoms with Gasteiger partial charge in [0, 0.05) is 5.39 Å². The zero-order chi connectivity index (χ0) is 13.2. The van der Waals surface area contributed by atoms with Gasteiger partial charge in [-0.15, -0.1) is 0 Å². The SMILES string of the molecule is CCCCc1ccc2ccccc2c1S(=O)(=O)O.[NaH].[NaH]. The summed E-state index contributed by atoms with van der Waals surface area (Å²) in [5, 5.41) is 1.42. The first-order chi connectivity index (χ1) is 8.54. The molecule has 2 aromatic rings. The van der Waals surface area contributed by atoms with E-state index in [1.54, 1.807) is 18.2 Å². The van der Waals surface area contributed by atoms with Gasteiger partial charge in [0.15, 0.2) is 0 Å². The van der Waals surface area contributed by atoms with Crippen molar-refractivity contribution < 1.29 is 13.0 Å². The molecule has 6 heteroatoms. The summed E-state index contributed by atoms with van der Waals surface area (Å²) in [4.78, 5) is 0.0639. The number of rotatable bonds is 4. The number of benzene rings is 2. The van der Waals surface area contributed by atoms with Gasteiger partial charge in [-0.1, -0.05) is 49.7 Å². The molecule has 0 saturated heterocycles. The van der Waals surface area contributed by atoms with Crippen LogP contribution >= 0.6 is 0 Å². The second-order valence-electron chi connectivity index (χ2n) is 4.35. The fourth-order valence-corrected chi connectivity index (χ4v) is 3.12. The van der Waals surface area contributed by atoms with E-state index in [1.165, 1.54) is 0 Å². The molecule has 0 spiro atoms. The van der Waals surface area contributed by atoms with Gasteiger partial charge in [-0.2, -0.15) is 8.42 Å². The average Bonchev–Trinajstić information content (AvgIpc) is 2.34. The van der Waals surface area contributed by atoms with E-state index in [9.17, 15) is 13.0 Å². The Kier molecular flexibility index (Phi) is 9.18. The summed E-state index contributed by atoms with van der Waals surface area (Å²) in [6.45, 7) is 2.05. The molecule has 3 nitrogen and oxygen atoms in total. The van der Waals surface area contributed by atoms with Crippen LogP contribution in [0.2, 0.25) is 0 Å². The van der Waals surface area contributed by atoms with Crippen LogP contribution in [0.4, 0.5) is 0 Å².